The second kappa shape index (κ2) is 7.37. The van der Waals surface area contributed by atoms with Gasteiger partial charge in [-0.3, -0.25) is 0 Å². The fraction of sp³-hybridized carbons (Fsp3) is 0.467. The molecule has 0 spiro atoms. The zero-order valence-corrected chi connectivity index (χ0v) is 12.5. The van der Waals surface area contributed by atoms with Gasteiger partial charge in [0, 0.05) is 0 Å². The van der Waals surface area contributed by atoms with Crippen molar-refractivity contribution in [3.8, 4) is 0 Å². The van der Waals surface area contributed by atoms with E-state index in [-0.39, 0.29) is 0 Å². The molecule has 18 heavy (non-hydrogen) atoms. The van der Waals surface area contributed by atoms with Crippen molar-refractivity contribution in [3.05, 3.63) is 48.4 Å². The lowest BCUT2D eigenvalue weighted by atomic mass is 10.0. The summed E-state index contributed by atoms with van der Waals surface area (Å²) in [5.74, 6) is 0. The summed E-state index contributed by atoms with van der Waals surface area (Å²) in [6.07, 6.45) is 9.91. The number of hydrogen-bond donors (Lipinski definition) is 0. The van der Waals surface area contributed by atoms with Gasteiger partial charge in [0.1, 0.15) is 0 Å². The first-order valence-electron chi connectivity index (χ1n) is 6.26. The first-order chi connectivity index (χ1) is 8.39. The van der Waals surface area contributed by atoms with Gasteiger partial charge in [-0.15, -0.1) is 0 Å². The zero-order chi connectivity index (χ0) is 14.2. The molecule has 1 atom stereocenters. The normalized spacial score (nSPS) is 16.5. The molecule has 2 nitrogen and oxygen atoms in total. The van der Waals surface area contributed by atoms with Gasteiger partial charge < -0.3 is 0 Å². The van der Waals surface area contributed by atoms with Gasteiger partial charge in [0.05, 0.1) is 9.65 Å². The molecule has 0 heterocycles. The first kappa shape index (κ1) is 16.9. The summed E-state index contributed by atoms with van der Waals surface area (Å²) in [4.78, 5) is 0.301. The van der Waals surface area contributed by atoms with Crippen molar-refractivity contribution in [2.24, 2.45) is 0 Å². The minimum absolute atomic E-state index is 0.301. The highest BCUT2D eigenvalue weighted by Crippen LogP contribution is 2.32. The maximum absolute atomic E-state index is 12.7. The van der Waals surface area contributed by atoms with E-state index in [1.54, 1.807) is 24.3 Å². The fourth-order valence-corrected chi connectivity index (χ4v) is 3.78. The van der Waals surface area contributed by atoms with Crippen LogP contribution in [0.2, 0.25) is 0 Å². The van der Waals surface area contributed by atoms with Crippen LogP contribution in [0.1, 0.15) is 40.0 Å². The first-order valence-corrected chi connectivity index (χ1v) is 7.74. The smallest absolute Gasteiger partial charge is 0.183 e. The Bertz CT molecular complexity index is 441. The molecule has 0 fully saturated rings. The lowest BCUT2D eigenvalue weighted by molar-refractivity contribution is 0.494. The van der Waals surface area contributed by atoms with Gasteiger partial charge in [-0.25, -0.2) is 8.42 Å². The van der Waals surface area contributed by atoms with Crippen LogP contribution < -0.4 is 0 Å². The molecule has 0 saturated carbocycles. The van der Waals surface area contributed by atoms with E-state index in [4.69, 9.17) is 0 Å². The maximum Gasteiger partial charge on any atom is 0.183 e. The maximum atomic E-state index is 12.7. The molecule has 0 aromatic carbocycles. The Labute approximate surface area is 112 Å². The number of sulfone groups is 1. The Morgan fingerprint density at radius 1 is 1.22 bits per heavy atom. The third kappa shape index (κ3) is 3.70. The van der Waals surface area contributed by atoms with Gasteiger partial charge in [-0.05, 0) is 31.9 Å². The second-order valence-corrected chi connectivity index (χ2v) is 6.92. The van der Waals surface area contributed by atoms with Crippen molar-refractivity contribution in [1.29, 1.82) is 0 Å². The van der Waals surface area contributed by atoms with Gasteiger partial charge in [0.2, 0.25) is 0 Å². The lowest BCUT2D eigenvalue weighted by Gasteiger charge is -2.28. The quantitative estimate of drug-likeness (QED) is 0.619. The van der Waals surface area contributed by atoms with Crippen LogP contribution in [0, 0.1) is 0 Å². The van der Waals surface area contributed by atoms with E-state index in [1.807, 2.05) is 20.8 Å². The molecule has 102 valence electrons. The molecule has 0 amide bonds. The summed E-state index contributed by atoms with van der Waals surface area (Å²) >= 11 is 0. The summed E-state index contributed by atoms with van der Waals surface area (Å²) in [5.41, 5.74) is 0. The van der Waals surface area contributed by atoms with Gasteiger partial charge in [0.15, 0.2) is 9.84 Å². The van der Waals surface area contributed by atoms with Crippen LogP contribution >= 0.6 is 0 Å². The molecule has 0 aliphatic carbocycles. The van der Waals surface area contributed by atoms with Crippen LogP contribution in [0.25, 0.3) is 0 Å². The molecule has 0 rings (SSSR count). The molecular formula is C15H24O2S. The summed E-state index contributed by atoms with van der Waals surface area (Å²) in [6, 6.07) is 0. The topological polar surface area (TPSA) is 34.1 Å². The molecule has 0 aromatic rings. The minimum Gasteiger partial charge on any atom is -0.223 e. The van der Waals surface area contributed by atoms with Crippen LogP contribution in [-0.4, -0.2) is 13.2 Å². The van der Waals surface area contributed by atoms with Crippen LogP contribution in [0.15, 0.2) is 48.4 Å². The van der Waals surface area contributed by atoms with Gasteiger partial charge in [-0.1, -0.05) is 51.7 Å². The lowest BCUT2D eigenvalue weighted by Crippen LogP contribution is -2.35. The van der Waals surface area contributed by atoms with Gasteiger partial charge >= 0.3 is 0 Å². The summed E-state index contributed by atoms with van der Waals surface area (Å²) in [7, 11) is -3.35. The minimum atomic E-state index is -3.35. The summed E-state index contributed by atoms with van der Waals surface area (Å²) in [5, 5.41) is 0. The van der Waals surface area contributed by atoms with E-state index in [2.05, 4.69) is 13.2 Å². The molecule has 1 unspecified atom stereocenters. The summed E-state index contributed by atoms with van der Waals surface area (Å²) in [6.45, 7) is 12.9. The predicted molar refractivity (Wildman–Crippen MR) is 80.1 cm³/mol. The van der Waals surface area contributed by atoms with Crippen molar-refractivity contribution in [1.82, 2.24) is 0 Å². The van der Waals surface area contributed by atoms with Crippen LogP contribution in [0.3, 0.4) is 0 Å². The average molecular weight is 268 g/mol. The number of hydrogen-bond acceptors (Lipinski definition) is 2. The van der Waals surface area contributed by atoms with Gasteiger partial charge in [0.25, 0.3) is 0 Å². The largest absolute Gasteiger partial charge is 0.223 e. The van der Waals surface area contributed by atoms with Gasteiger partial charge in [-0.2, -0.15) is 0 Å². The predicted octanol–water partition coefficient (Wildman–Crippen LogP) is 4.18. The SMILES string of the molecule is C=C/C=C\C(=C/C=C)S(=O)(=O)C(C)(CC)CCC. The Balaban J connectivity index is 5.69. The van der Waals surface area contributed by atoms with E-state index in [1.165, 1.54) is 6.08 Å². The van der Waals surface area contributed by atoms with Crippen molar-refractivity contribution in [2.75, 3.05) is 0 Å². The third-order valence-electron chi connectivity index (χ3n) is 3.16. The molecule has 0 aliphatic rings. The van der Waals surface area contributed by atoms with E-state index in [9.17, 15) is 8.42 Å². The Kier molecular flexibility index (Phi) is 6.92. The third-order valence-corrected chi connectivity index (χ3v) is 5.85. The Morgan fingerprint density at radius 2 is 1.83 bits per heavy atom. The molecular weight excluding hydrogens is 244 g/mol. The van der Waals surface area contributed by atoms with Crippen molar-refractivity contribution in [2.45, 2.75) is 44.8 Å². The van der Waals surface area contributed by atoms with E-state index < -0.39 is 14.6 Å². The number of rotatable bonds is 8. The summed E-state index contributed by atoms with van der Waals surface area (Å²) < 4.78 is 24.6. The van der Waals surface area contributed by atoms with Crippen molar-refractivity contribution in [3.63, 3.8) is 0 Å². The van der Waals surface area contributed by atoms with Crippen molar-refractivity contribution < 1.29 is 8.42 Å². The molecule has 0 aromatic heterocycles. The van der Waals surface area contributed by atoms with E-state index in [0.717, 1.165) is 6.42 Å². The van der Waals surface area contributed by atoms with Crippen LogP contribution in [0.5, 0.6) is 0 Å². The average Bonchev–Trinajstić information content (AvgIpc) is 2.34. The molecule has 0 bridgehead atoms. The fourth-order valence-electron chi connectivity index (χ4n) is 1.83. The monoisotopic (exact) mass is 268 g/mol. The zero-order valence-electron chi connectivity index (χ0n) is 11.6. The Morgan fingerprint density at radius 3 is 2.22 bits per heavy atom. The molecule has 0 saturated heterocycles. The highest BCUT2D eigenvalue weighted by molar-refractivity contribution is 7.96. The molecule has 0 aliphatic heterocycles. The highest BCUT2D eigenvalue weighted by atomic mass is 32.2. The Hall–Kier alpha value is -1.09. The van der Waals surface area contributed by atoms with E-state index in [0.29, 0.717) is 17.7 Å². The molecule has 0 radical (unpaired) electrons. The molecule has 3 heteroatoms. The van der Waals surface area contributed by atoms with Crippen LogP contribution in [-0.2, 0) is 9.84 Å². The standard InChI is InChI=1S/C15H24O2S/c1-6-10-12-14(11-7-2)18(16,17)15(5,9-4)13-8-3/h6-7,10-12H,1-2,8-9,13H2,3-5H3/b12-10-,14-11+. The van der Waals surface area contributed by atoms with E-state index >= 15 is 0 Å². The van der Waals surface area contributed by atoms with Crippen LogP contribution in [0.4, 0.5) is 0 Å². The number of allylic oxidation sites excluding steroid dienone is 5. The van der Waals surface area contributed by atoms with Crippen molar-refractivity contribution >= 4 is 9.84 Å². The molecule has 0 N–H and O–H groups in total. The highest BCUT2D eigenvalue weighted by Gasteiger charge is 2.38. The second-order valence-electron chi connectivity index (χ2n) is 4.46.